The lowest BCUT2D eigenvalue weighted by atomic mass is 10.1. The monoisotopic (exact) mass is 311 g/mol. The number of nitrogens with one attached hydrogen (secondary N) is 2. The summed E-state index contributed by atoms with van der Waals surface area (Å²) in [6.07, 6.45) is 2.08. The molecule has 0 aromatic heterocycles. The van der Waals surface area contributed by atoms with E-state index in [4.69, 9.17) is 0 Å². The van der Waals surface area contributed by atoms with Gasteiger partial charge >= 0.3 is 6.03 Å². The van der Waals surface area contributed by atoms with Gasteiger partial charge in [0, 0.05) is 13.1 Å². The number of nitrogens with zero attached hydrogens (tertiary/aromatic N) is 1. The molecule has 0 spiro atoms. The molecule has 1 aliphatic heterocycles. The van der Waals surface area contributed by atoms with Crippen LogP contribution >= 0.6 is 0 Å². The Labute approximate surface area is 125 Å². The van der Waals surface area contributed by atoms with Crippen molar-refractivity contribution in [3.8, 4) is 0 Å². The molecule has 1 aliphatic rings. The summed E-state index contributed by atoms with van der Waals surface area (Å²) in [5.41, 5.74) is 0.763. The fourth-order valence-corrected chi connectivity index (χ4v) is 3.13. The van der Waals surface area contributed by atoms with E-state index < -0.39 is 10.0 Å². The Hall–Kier alpha value is -1.60. The van der Waals surface area contributed by atoms with Gasteiger partial charge in [-0.2, -0.15) is 0 Å². The van der Waals surface area contributed by atoms with E-state index in [1.165, 1.54) is 13.1 Å². The number of sulfonamides is 1. The van der Waals surface area contributed by atoms with Crippen LogP contribution in [0.2, 0.25) is 0 Å². The molecule has 0 saturated carbocycles. The highest BCUT2D eigenvalue weighted by Crippen LogP contribution is 2.18. The second kappa shape index (κ2) is 6.44. The summed E-state index contributed by atoms with van der Waals surface area (Å²) in [6, 6.07) is 6.26. The second-order valence-corrected chi connectivity index (χ2v) is 7.03. The highest BCUT2D eigenvalue weighted by molar-refractivity contribution is 7.89. The average Bonchev–Trinajstić information content (AvgIpc) is 3.01. The summed E-state index contributed by atoms with van der Waals surface area (Å²) in [4.78, 5) is 14.0. The van der Waals surface area contributed by atoms with E-state index in [-0.39, 0.29) is 17.0 Å². The lowest BCUT2D eigenvalue weighted by Crippen LogP contribution is -2.39. The highest BCUT2D eigenvalue weighted by atomic mass is 32.2. The van der Waals surface area contributed by atoms with Gasteiger partial charge in [0.15, 0.2) is 0 Å². The van der Waals surface area contributed by atoms with E-state index in [0.717, 1.165) is 31.5 Å². The number of carbonyl (C=O) groups is 1. The Morgan fingerprint density at radius 2 is 1.95 bits per heavy atom. The standard InChI is InChI=1S/C14H21N3O3S/c1-11(16-14(18)17-8-3-4-9-17)12-6-5-7-13(10-12)21(19,20)15-2/h5-7,10-11,15H,3-4,8-9H2,1-2H3,(H,16,18). The number of likely N-dealkylation sites (tertiary alicyclic amines) is 1. The van der Waals surface area contributed by atoms with Crippen LogP contribution in [-0.4, -0.2) is 39.5 Å². The maximum Gasteiger partial charge on any atom is 0.317 e. The van der Waals surface area contributed by atoms with Crippen molar-refractivity contribution in [2.45, 2.75) is 30.7 Å². The fraction of sp³-hybridized carbons (Fsp3) is 0.500. The van der Waals surface area contributed by atoms with Crippen LogP contribution in [-0.2, 0) is 10.0 Å². The zero-order valence-corrected chi connectivity index (χ0v) is 13.1. The van der Waals surface area contributed by atoms with E-state index in [0.29, 0.717) is 0 Å². The normalized spacial score (nSPS) is 16.8. The Morgan fingerprint density at radius 1 is 1.29 bits per heavy atom. The van der Waals surface area contributed by atoms with Gasteiger partial charge in [0.25, 0.3) is 0 Å². The molecule has 7 heteroatoms. The lowest BCUT2D eigenvalue weighted by molar-refractivity contribution is 0.205. The summed E-state index contributed by atoms with van der Waals surface area (Å²) in [7, 11) is -2.10. The topological polar surface area (TPSA) is 78.5 Å². The van der Waals surface area contributed by atoms with Crippen LogP contribution in [0.1, 0.15) is 31.4 Å². The Bertz CT molecular complexity index is 610. The molecule has 21 heavy (non-hydrogen) atoms. The number of urea groups is 1. The summed E-state index contributed by atoms with van der Waals surface area (Å²) >= 11 is 0. The predicted molar refractivity (Wildman–Crippen MR) is 80.4 cm³/mol. The van der Waals surface area contributed by atoms with Gasteiger partial charge in [0.1, 0.15) is 0 Å². The van der Waals surface area contributed by atoms with Crippen molar-refractivity contribution in [2.24, 2.45) is 0 Å². The highest BCUT2D eigenvalue weighted by Gasteiger charge is 2.20. The molecule has 0 aliphatic carbocycles. The molecule has 2 amide bonds. The number of benzene rings is 1. The first-order chi connectivity index (χ1) is 9.94. The van der Waals surface area contributed by atoms with Crippen molar-refractivity contribution in [3.05, 3.63) is 29.8 Å². The van der Waals surface area contributed by atoms with E-state index in [1.807, 2.05) is 13.0 Å². The summed E-state index contributed by atoms with van der Waals surface area (Å²) < 4.78 is 25.9. The molecule has 1 saturated heterocycles. The third-order valence-electron chi connectivity index (χ3n) is 3.67. The van der Waals surface area contributed by atoms with Gasteiger partial charge in [0.05, 0.1) is 10.9 Å². The van der Waals surface area contributed by atoms with Crippen LogP contribution in [0.3, 0.4) is 0 Å². The van der Waals surface area contributed by atoms with Crippen LogP contribution in [0.15, 0.2) is 29.2 Å². The molecular weight excluding hydrogens is 290 g/mol. The molecule has 0 bridgehead atoms. The van der Waals surface area contributed by atoms with Crippen molar-refractivity contribution < 1.29 is 13.2 Å². The van der Waals surface area contributed by atoms with Gasteiger partial charge in [0.2, 0.25) is 10.0 Å². The lowest BCUT2D eigenvalue weighted by Gasteiger charge is -2.21. The van der Waals surface area contributed by atoms with E-state index in [1.54, 1.807) is 17.0 Å². The number of hydrogen-bond donors (Lipinski definition) is 2. The molecule has 1 heterocycles. The third-order valence-corrected chi connectivity index (χ3v) is 5.08. The Balaban J connectivity index is 2.10. The van der Waals surface area contributed by atoms with Crippen LogP contribution in [0.5, 0.6) is 0 Å². The van der Waals surface area contributed by atoms with Crippen molar-refractivity contribution in [1.82, 2.24) is 14.9 Å². The van der Waals surface area contributed by atoms with Gasteiger partial charge in [-0.1, -0.05) is 12.1 Å². The SMILES string of the molecule is CNS(=O)(=O)c1cccc(C(C)NC(=O)N2CCCC2)c1. The van der Waals surface area contributed by atoms with Crippen molar-refractivity contribution in [1.29, 1.82) is 0 Å². The molecule has 1 fully saturated rings. The minimum atomic E-state index is -3.47. The van der Waals surface area contributed by atoms with Crippen LogP contribution < -0.4 is 10.0 Å². The molecule has 1 aromatic carbocycles. The van der Waals surface area contributed by atoms with Crippen molar-refractivity contribution in [3.63, 3.8) is 0 Å². The first-order valence-corrected chi connectivity index (χ1v) is 8.51. The van der Waals surface area contributed by atoms with Crippen molar-refractivity contribution >= 4 is 16.1 Å². The minimum absolute atomic E-state index is 0.0955. The zero-order chi connectivity index (χ0) is 15.5. The Morgan fingerprint density at radius 3 is 2.57 bits per heavy atom. The molecule has 1 aromatic rings. The molecular formula is C14H21N3O3S. The average molecular weight is 311 g/mol. The van der Waals surface area contributed by atoms with E-state index in [2.05, 4.69) is 10.0 Å². The number of amides is 2. The first kappa shape index (κ1) is 15.8. The summed E-state index contributed by atoms with van der Waals surface area (Å²) in [6.45, 7) is 3.42. The quantitative estimate of drug-likeness (QED) is 0.883. The van der Waals surface area contributed by atoms with Gasteiger partial charge in [-0.3, -0.25) is 0 Å². The molecule has 1 atom stereocenters. The number of carbonyl (C=O) groups excluding carboxylic acids is 1. The van der Waals surface area contributed by atoms with Crippen LogP contribution in [0.4, 0.5) is 4.79 Å². The molecule has 6 nitrogen and oxygen atoms in total. The van der Waals surface area contributed by atoms with Gasteiger partial charge in [-0.15, -0.1) is 0 Å². The number of hydrogen-bond acceptors (Lipinski definition) is 3. The van der Waals surface area contributed by atoms with Crippen LogP contribution in [0.25, 0.3) is 0 Å². The first-order valence-electron chi connectivity index (χ1n) is 7.03. The van der Waals surface area contributed by atoms with Crippen LogP contribution in [0, 0.1) is 0 Å². The van der Waals surface area contributed by atoms with Gasteiger partial charge < -0.3 is 10.2 Å². The smallest absolute Gasteiger partial charge is 0.317 e. The van der Waals surface area contributed by atoms with E-state index in [9.17, 15) is 13.2 Å². The molecule has 2 N–H and O–H groups in total. The van der Waals surface area contributed by atoms with Gasteiger partial charge in [-0.05, 0) is 44.5 Å². The number of rotatable bonds is 4. The second-order valence-electron chi connectivity index (χ2n) is 5.15. The Kier molecular flexibility index (Phi) is 4.84. The zero-order valence-electron chi connectivity index (χ0n) is 12.3. The van der Waals surface area contributed by atoms with E-state index >= 15 is 0 Å². The minimum Gasteiger partial charge on any atom is -0.331 e. The molecule has 1 unspecified atom stereocenters. The largest absolute Gasteiger partial charge is 0.331 e. The molecule has 0 radical (unpaired) electrons. The maximum absolute atomic E-state index is 12.1. The third kappa shape index (κ3) is 3.74. The van der Waals surface area contributed by atoms with Gasteiger partial charge in [-0.25, -0.2) is 17.9 Å². The molecule has 2 rings (SSSR count). The summed E-state index contributed by atoms with van der Waals surface area (Å²) in [5, 5.41) is 2.91. The fourth-order valence-electron chi connectivity index (χ4n) is 2.35. The maximum atomic E-state index is 12.1. The summed E-state index contributed by atoms with van der Waals surface area (Å²) in [5.74, 6) is 0. The molecule has 116 valence electrons. The predicted octanol–water partition coefficient (Wildman–Crippen LogP) is 1.46. The van der Waals surface area contributed by atoms with Crippen molar-refractivity contribution in [2.75, 3.05) is 20.1 Å².